The number of hydrogen-bond donors (Lipinski definition) is 2. The highest BCUT2D eigenvalue weighted by Crippen LogP contribution is 2.41. The van der Waals surface area contributed by atoms with Crippen molar-refractivity contribution in [3.63, 3.8) is 0 Å². The number of pyridine rings is 1. The molecule has 4 rings (SSSR count). The number of aromatic nitrogens is 3. The van der Waals surface area contributed by atoms with Crippen LogP contribution in [0.2, 0.25) is 0 Å². The zero-order valence-electron chi connectivity index (χ0n) is 23.6. The molecular weight excluding hydrogens is 486 g/mol. The van der Waals surface area contributed by atoms with Crippen LogP contribution < -0.4 is 20.3 Å². The van der Waals surface area contributed by atoms with Crippen molar-refractivity contribution in [3.8, 4) is 5.75 Å². The van der Waals surface area contributed by atoms with E-state index in [0.717, 1.165) is 25.9 Å². The molecule has 2 aromatic heterocycles. The van der Waals surface area contributed by atoms with Gasteiger partial charge in [0.05, 0.1) is 13.3 Å². The highest BCUT2D eigenvalue weighted by molar-refractivity contribution is 5.87. The third kappa shape index (κ3) is 6.36. The highest BCUT2D eigenvalue weighted by Gasteiger charge is 2.50. The van der Waals surface area contributed by atoms with Crippen LogP contribution >= 0.6 is 0 Å². The lowest BCUT2D eigenvalue weighted by atomic mass is 9.79. The van der Waals surface area contributed by atoms with Gasteiger partial charge < -0.3 is 29.9 Å². The van der Waals surface area contributed by atoms with Crippen molar-refractivity contribution >= 4 is 34.8 Å². The van der Waals surface area contributed by atoms with E-state index in [1.165, 1.54) is 0 Å². The fraction of sp³-hybridized carbons (Fsp3) is 0.667. The Hall–Kier alpha value is -3.37. The number of rotatable bonds is 8. The minimum absolute atomic E-state index is 0.00876. The lowest BCUT2D eigenvalue weighted by Crippen LogP contribution is -2.60. The van der Waals surface area contributed by atoms with E-state index in [1.807, 2.05) is 26.8 Å². The van der Waals surface area contributed by atoms with Gasteiger partial charge in [0, 0.05) is 57.2 Å². The number of anilines is 2. The van der Waals surface area contributed by atoms with Crippen molar-refractivity contribution in [2.45, 2.75) is 65.5 Å². The summed E-state index contributed by atoms with van der Waals surface area (Å²) in [6.07, 6.45) is 3.47. The maximum Gasteiger partial charge on any atom is 0.410 e. The van der Waals surface area contributed by atoms with Crippen molar-refractivity contribution < 1.29 is 19.1 Å². The predicted molar refractivity (Wildman–Crippen MR) is 147 cm³/mol. The van der Waals surface area contributed by atoms with Gasteiger partial charge in [0.1, 0.15) is 22.4 Å². The number of fused-ring (bicyclic) bond motifs is 1. The largest absolute Gasteiger partial charge is 0.495 e. The maximum absolute atomic E-state index is 12.5. The normalized spacial score (nSPS) is 17.5. The number of ether oxygens (including phenoxy) is 2. The number of hydrogen-bond acceptors (Lipinski definition) is 9. The molecule has 0 bridgehead atoms. The Morgan fingerprint density at radius 3 is 2.55 bits per heavy atom. The monoisotopic (exact) mass is 527 g/mol. The van der Waals surface area contributed by atoms with Gasteiger partial charge in [0.25, 0.3) is 0 Å². The lowest BCUT2D eigenvalue weighted by Gasteiger charge is -2.47. The van der Waals surface area contributed by atoms with Crippen LogP contribution in [-0.4, -0.2) is 83.8 Å². The second-order valence-corrected chi connectivity index (χ2v) is 12.0. The smallest absolute Gasteiger partial charge is 0.410 e. The first-order valence-electron chi connectivity index (χ1n) is 13.3. The Labute approximate surface area is 224 Å². The summed E-state index contributed by atoms with van der Waals surface area (Å²) in [7, 11) is 3.25. The zero-order chi connectivity index (χ0) is 27.7. The van der Waals surface area contributed by atoms with Crippen LogP contribution in [0, 0.1) is 11.3 Å². The molecule has 2 N–H and O–H groups in total. The van der Waals surface area contributed by atoms with E-state index in [2.05, 4.69) is 34.4 Å². The van der Waals surface area contributed by atoms with Crippen LogP contribution in [0.5, 0.6) is 5.75 Å². The maximum atomic E-state index is 12.5. The van der Waals surface area contributed by atoms with Crippen LogP contribution in [0.25, 0.3) is 11.0 Å². The molecule has 2 saturated heterocycles. The van der Waals surface area contributed by atoms with Crippen molar-refractivity contribution in [1.82, 2.24) is 25.2 Å². The molecule has 0 aliphatic carbocycles. The number of methoxy groups -OCH3 is 1. The van der Waals surface area contributed by atoms with Crippen molar-refractivity contribution in [1.29, 1.82) is 0 Å². The van der Waals surface area contributed by atoms with Gasteiger partial charge in [-0.05, 0) is 39.5 Å². The topological polar surface area (TPSA) is 122 Å². The van der Waals surface area contributed by atoms with Crippen molar-refractivity contribution in [3.05, 3.63) is 12.3 Å². The van der Waals surface area contributed by atoms with E-state index in [4.69, 9.17) is 19.4 Å². The first-order chi connectivity index (χ1) is 17.9. The molecule has 2 aliphatic rings. The summed E-state index contributed by atoms with van der Waals surface area (Å²) >= 11 is 0. The van der Waals surface area contributed by atoms with Crippen LogP contribution in [0.1, 0.15) is 53.9 Å². The van der Waals surface area contributed by atoms with E-state index in [0.29, 0.717) is 54.0 Å². The quantitative estimate of drug-likeness (QED) is 0.531. The second kappa shape index (κ2) is 10.8. The molecule has 11 nitrogen and oxygen atoms in total. The Morgan fingerprint density at radius 1 is 1.18 bits per heavy atom. The number of nitrogens with one attached hydrogen (secondary N) is 2. The van der Waals surface area contributed by atoms with Gasteiger partial charge in [-0.2, -0.15) is 4.98 Å². The molecule has 2 amide bonds. The Balaban J connectivity index is 1.57. The Morgan fingerprint density at radius 2 is 1.92 bits per heavy atom. The van der Waals surface area contributed by atoms with Crippen LogP contribution in [0.4, 0.5) is 16.6 Å². The molecule has 38 heavy (non-hydrogen) atoms. The second-order valence-electron chi connectivity index (χ2n) is 12.0. The van der Waals surface area contributed by atoms with E-state index < -0.39 is 5.60 Å². The summed E-state index contributed by atoms with van der Waals surface area (Å²) in [5, 5.41) is 6.22. The molecule has 2 aliphatic heterocycles. The fourth-order valence-electron chi connectivity index (χ4n) is 5.21. The van der Waals surface area contributed by atoms with Crippen LogP contribution in [0.3, 0.4) is 0 Å². The number of amides is 2. The molecule has 4 heterocycles. The first kappa shape index (κ1) is 27.7. The number of likely N-dealkylation sites (tertiary alicyclic amines) is 1. The zero-order valence-corrected chi connectivity index (χ0v) is 23.6. The molecule has 0 unspecified atom stereocenters. The predicted octanol–water partition coefficient (Wildman–Crippen LogP) is 3.44. The summed E-state index contributed by atoms with van der Waals surface area (Å²) in [6.45, 7) is 12.8. The Bertz CT molecular complexity index is 1170. The minimum atomic E-state index is -0.510. The lowest BCUT2D eigenvalue weighted by molar-refractivity contribution is -0.120. The number of carbonyl (C=O) groups is 2. The molecule has 2 aromatic rings. The van der Waals surface area contributed by atoms with Gasteiger partial charge in [-0.1, -0.05) is 13.8 Å². The molecule has 0 aromatic carbocycles. The standard InChI is InChI=1S/C27H41N7O4/c1-17(2)10-18(11-21(35)28-6)30-23-22-20(12-19(37-7)13-29-22)31-24(32-23)33-9-8-27(14-33)15-34(16-27)25(36)38-26(3,4)5/h12-13,17-18H,8-11,14-16H2,1-7H3,(H,28,35)(H,30,31,32)/t18-/m0/s1. The molecular formula is C27H41N7O4. The van der Waals surface area contributed by atoms with Crippen molar-refractivity contribution in [2.24, 2.45) is 11.3 Å². The van der Waals surface area contributed by atoms with E-state index in [1.54, 1.807) is 25.3 Å². The van der Waals surface area contributed by atoms with E-state index >= 15 is 0 Å². The van der Waals surface area contributed by atoms with Crippen molar-refractivity contribution in [2.75, 3.05) is 50.6 Å². The Kier molecular flexibility index (Phi) is 7.85. The average molecular weight is 528 g/mol. The average Bonchev–Trinajstić information content (AvgIpc) is 3.27. The van der Waals surface area contributed by atoms with E-state index in [9.17, 15) is 9.59 Å². The number of nitrogens with zero attached hydrogens (tertiary/aromatic N) is 5. The molecule has 0 saturated carbocycles. The molecule has 2 fully saturated rings. The van der Waals surface area contributed by atoms with Gasteiger partial charge in [-0.25, -0.2) is 14.8 Å². The third-order valence-electron chi connectivity index (χ3n) is 6.97. The first-order valence-corrected chi connectivity index (χ1v) is 13.3. The molecule has 208 valence electrons. The summed E-state index contributed by atoms with van der Waals surface area (Å²) < 4.78 is 10.9. The number of carbonyl (C=O) groups excluding carboxylic acids is 2. The summed E-state index contributed by atoms with van der Waals surface area (Å²) in [5.41, 5.74) is 0.804. The SMILES string of the molecule is CNC(=O)C[C@H](CC(C)C)Nc1nc(N2CCC3(CN(C(=O)OC(C)(C)C)C3)C2)nc2cc(OC)cnc12. The van der Waals surface area contributed by atoms with Gasteiger partial charge >= 0.3 is 6.09 Å². The van der Waals surface area contributed by atoms with Crippen LogP contribution in [-0.2, 0) is 9.53 Å². The summed E-state index contributed by atoms with van der Waals surface area (Å²) in [6, 6.07) is 1.75. The summed E-state index contributed by atoms with van der Waals surface area (Å²) in [5.74, 6) is 2.18. The molecule has 1 atom stereocenters. The van der Waals surface area contributed by atoms with Gasteiger partial charge in [0.15, 0.2) is 5.82 Å². The fourth-order valence-corrected chi connectivity index (χ4v) is 5.21. The molecule has 0 radical (unpaired) electrons. The molecule has 1 spiro atoms. The van der Waals surface area contributed by atoms with Gasteiger partial charge in [0.2, 0.25) is 11.9 Å². The minimum Gasteiger partial charge on any atom is -0.495 e. The van der Waals surface area contributed by atoms with Gasteiger partial charge in [-0.15, -0.1) is 0 Å². The third-order valence-corrected chi connectivity index (χ3v) is 6.97. The van der Waals surface area contributed by atoms with E-state index in [-0.39, 0.29) is 23.5 Å². The van der Waals surface area contributed by atoms with Crippen LogP contribution in [0.15, 0.2) is 12.3 Å². The summed E-state index contributed by atoms with van der Waals surface area (Å²) in [4.78, 5) is 43.0. The van der Waals surface area contributed by atoms with Gasteiger partial charge in [-0.3, -0.25) is 4.79 Å². The molecule has 11 heteroatoms. The highest BCUT2D eigenvalue weighted by atomic mass is 16.6.